The van der Waals surface area contributed by atoms with Crippen molar-refractivity contribution in [3.63, 3.8) is 0 Å². The third-order valence-electron chi connectivity index (χ3n) is 13.9. The van der Waals surface area contributed by atoms with Crippen LogP contribution in [-0.4, -0.2) is 16.7 Å². The first-order chi connectivity index (χ1) is 32.5. The van der Waals surface area contributed by atoms with Gasteiger partial charge < -0.3 is 9.80 Å². The molecule has 0 radical (unpaired) electrons. The summed E-state index contributed by atoms with van der Waals surface area (Å²) in [5, 5.41) is 4.89. The van der Waals surface area contributed by atoms with Crippen molar-refractivity contribution in [3.05, 3.63) is 211 Å². The van der Waals surface area contributed by atoms with Crippen LogP contribution < -0.4 is 26.2 Å². The maximum absolute atomic E-state index is 5.46. The summed E-state index contributed by atoms with van der Waals surface area (Å²) >= 11 is 0. The van der Waals surface area contributed by atoms with Crippen LogP contribution in [0.5, 0.6) is 0 Å². The van der Waals surface area contributed by atoms with Gasteiger partial charge in [0.2, 0.25) is 0 Å². The quantitative estimate of drug-likeness (QED) is 0.161. The van der Waals surface area contributed by atoms with Crippen LogP contribution >= 0.6 is 0 Å². The summed E-state index contributed by atoms with van der Waals surface area (Å²) in [4.78, 5) is 15.7. The van der Waals surface area contributed by atoms with Crippen LogP contribution in [0.15, 0.2) is 200 Å². The predicted octanol–water partition coefficient (Wildman–Crippen LogP) is 14.5. The highest BCUT2D eigenvalue weighted by molar-refractivity contribution is 7.00. The van der Waals surface area contributed by atoms with E-state index in [1.807, 2.05) is 6.07 Å². The molecule has 0 fully saturated rings. The number of rotatable bonds is 5. The van der Waals surface area contributed by atoms with Gasteiger partial charge in [-0.3, -0.25) is 0 Å². The summed E-state index contributed by atoms with van der Waals surface area (Å²) in [6.07, 6.45) is 0. The van der Waals surface area contributed by atoms with Crippen molar-refractivity contribution in [2.75, 3.05) is 9.80 Å². The molecule has 0 N–H and O–H groups in total. The van der Waals surface area contributed by atoms with Gasteiger partial charge in [-0.25, -0.2) is 9.97 Å². The molecule has 9 aromatic carbocycles. The van der Waals surface area contributed by atoms with Crippen LogP contribution in [-0.2, 0) is 10.8 Å². The number of anilines is 6. The Balaban J connectivity index is 1.21. The molecular formula is C62H51BN4. The summed E-state index contributed by atoms with van der Waals surface area (Å²) in [7, 11) is 0. The van der Waals surface area contributed by atoms with Gasteiger partial charge >= 0.3 is 0 Å². The van der Waals surface area contributed by atoms with Crippen LogP contribution in [0.2, 0.25) is 0 Å². The molecule has 0 atom stereocenters. The standard InChI is InChI=1S/C62H51BN4/c1-61(2,3)47-25-29-49(30-26-47)66-55-35-44-23-15-13-21-42(44)33-51(55)63-52-34-43-22-14-16-24-45(43)36-56(52)67(50-31-27-48(28-32-50)62(4,5)6)58-38-46(37-57(66)59(58)63)54-39-53(40-17-9-7-10-18-40)64-60(65-54)41-19-11-8-12-20-41/h7-39H,1-6H3. The zero-order valence-corrected chi connectivity index (χ0v) is 38.9. The number of nitrogens with zero attached hydrogens (tertiary/aromatic N) is 4. The van der Waals surface area contributed by atoms with E-state index in [2.05, 4.69) is 245 Å². The van der Waals surface area contributed by atoms with Crippen molar-refractivity contribution in [2.45, 2.75) is 52.4 Å². The molecule has 1 aromatic heterocycles. The number of hydrogen-bond donors (Lipinski definition) is 0. The minimum absolute atomic E-state index is 0.00811. The Morgan fingerprint density at radius 2 is 0.746 bits per heavy atom. The molecule has 10 aromatic rings. The van der Waals surface area contributed by atoms with Gasteiger partial charge in [-0.05, 0) is 114 Å². The van der Waals surface area contributed by atoms with E-state index in [-0.39, 0.29) is 17.5 Å². The highest BCUT2D eigenvalue weighted by Gasteiger charge is 2.44. The van der Waals surface area contributed by atoms with E-state index in [1.54, 1.807) is 0 Å². The van der Waals surface area contributed by atoms with Gasteiger partial charge in [-0.2, -0.15) is 0 Å². The summed E-state index contributed by atoms with van der Waals surface area (Å²) in [5.41, 5.74) is 18.1. The third kappa shape index (κ3) is 7.00. The van der Waals surface area contributed by atoms with E-state index in [1.165, 1.54) is 60.4 Å². The first kappa shape index (κ1) is 40.7. The van der Waals surface area contributed by atoms with Crippen LogP contribution in [0, 0.1) is 0 Å². The summed E-state index contributed by atoms with van der Waals surface area (Å²) in [6.45, 7) is 13.7. The zero-order chi connectivity index (χ0) is 45.6. The lowest BCUT2D eigenvalue weighted by atomic mass is 9.33. The van der Waals surface area contributed by atoms with Gasteiger partial charge in [-0.1, -0.05) is 187 Å². The number of benzene rings is 9. The number of hydrogen-bond acceptors (Lipinski definition) is 4. The fourth-order valence-corrected chi connectivity index (χ4v) is 10.4. The van der Waals surface area contributed by atoms with E-state index in [0.29, 0.717) is 5.82 Å². The van der Waals surface area contributed by atoms with Gasteiger partial charge in [0.15, 0.2) is 5.82 Å². The number of aromatic nitrogens is 2. The minimum atomic E-state index is -0.0568. The van der Waals surface area contributed by atoms with Crippen LogP contribution in [0.4, 0.5) is 34.1 Å². The highest BCUT2D eigenvalue weighted by Crippen LogP contribution is 2.48. The van der Waals surface area contributed by atoms with Gasteiger partial charge in [0, 0.05) is 50.8 Å². The summed E-state index contributed by atoms with van der Waals surface area (Å²) in [5.74, 6) is 0.694. The molecule has 5 heteroatoms. The van der Waals surface area contributed by atoms with E-state index in [4.69, 9.17) is 9.97 Å². The van der Waals surface area contributed by atoms with Crippen LogP contribution in [0.3, 0.4) is 0 Å². The summed E-state index contributed by atoms with van der Waals surface area (Å²) < 4.78 is 0. The molecule has 0 saturated heterocycles. The molecule has 322 valence electrons. The Morgan fingerprint density at radius 3 is 1.18 bits per heavy atom. The molecular weight excluding hydrogens is 812 g/mol. The highest BCUT2D eigenvalue weighted by atomic mass is 15.2. The zero-order valence-electron chi connectivity index (χ0n) is 38.9. The molecule has 2 aliphatic heterocycles. The molecule has 12 rings (SSSR count). The SMILES string of the molecule is CC(C)(C)c1ccc(N2c3cc4ccccc4cc3B3c4cc5ccccc5cc4N(c4ccc(C(C)(C)C)cc4)c4cc(-c5cc(-c6ccccc6)nc(-c6ccccc6)n5)cc2c43)cc1. The molecule has 0 bridgehead atoms. The predicted molar refractivity (Wildman–Crippen MR) is 285 cm³/mol. The first-order valence-corrected chi connectivity index (χ1v) is 23.5. The minimum Gasteiger partial charge on any atom is -0.311 e. The average Bonchev–Trinajstić information content (AvgIpc) is 3.35. The summed E-state index contributed by atoms with van der Waals surface area (Å²) in [6, 6.07) is 73.7. The second-order valence-corrected chi connectivity index (χ2v) is 20.3. The average molecular weight is 863 g/mol. The van der Waals surface area contributed by atoms with E-state index >= 15 is 0 Å². The maximum atomic E-state index is 5.46. The van der Waals surface area contributed by atoms with Crippen LogP contribution in [0.1, 0.15) is 52.7 Å². The van der Waals surface area contributed by atoms with Gasteiger partial charge in [0.25, 0.3) is 6.71 Å². The lowest BCUT2D eigenvalue weighted by Gasteiger charge is -2.44. The smallest absolute Gasteiger partial charge is 0.252 e. The Morgan fingerprint density at radius 1 is 0.358 bits per heavy atom. The normalized spacial score (nSPS) is 13.1. The van der Waals surface area contributed by atoms with Crippen molar-refractivity contribution in [3.8, 4) is 33.9 Å². The van der Waals surface area contributed by atoms with Crippen molar-refractivity contribution < 1.29 is 0 Å². The van der Waals surface area contributed by atoms with Crippen LogP contribution in [0.25, 0.3) is 55.4 Å². The van der Waals surface area contributed by atoms with Gasteiger partial charge in [0.05, 0.1) is 11.4 Å². The Kier molecular flexibility index (Phi) is 9.38. The molecule has 0 aliphatic carbocycles. The van der Waals surface area contributed by atoms with Crippen molar-refractivity contribution in [1.29, 1.82) is 0 Å². The monoisotopic (exact) mass is 862 g/mol. The molecule has 0 saturated carbocycles. The lowest BCUT2D eigenvalue weighted by molar-refractivity contribution is 0.590. The Hall–Kier alpha value is -7.76. The second-order valence-electron chi connectivity index (χ2n) is 20.3. The maximum Gasteiger partial charge on any atom is 0.252 e. The van der Waals surface area contributed by atoms with E-state index < -0.39 is 0 Å². The molecule has 2 aliphatic rings. The molecule has 3 heterocycles. The van der Waals surface area contributed by atoms with E-state index in [0.717, 1.165) is 50.8 Å². The Labute approximate surface area is 394 Å². The molecule has 0 unspecified atom stereocenters. The van der Waals surface area contributed by atoms with Gasteiger partial charge in [0.1, 0.15) is 0 Å². The molecule has 67 heavy (non-hydrogen) atoms. The van der Waals surface area contributed by atoms with Gasteiger partial charge in [-0.15, -0.1) is 0 Å². The largest absolute Gasteiger partial charge is 0.311 e. The van der Waals surface area contributed by atoms with Crippen molar-refractivity contribution >= 4 is 78.8 Å². The fraction of sp³-hybridized carbons (Fsp3) is 0.129. The first-order valence-electron chi connectivity index (χ1n) is 23.5. The Bertz CT molecular complexity index is 3310. The molecule has 0 spiro atoms. The van der Waals surface area contributed by atoms with E-state index in [9.17, 15) is 0 Å². The molecule has 0 amide bonds. The third-order valence-corrected chi connectivity index (χ3v) is 13.9. The van der Waals surface area contributed by atoms with Crippen molar-refractivity contribution in [1.82, 2.24) is 9.97 Å². The topological polar surface area (TPSA) is 32.3 Å². The van der Waals surface area contributed by atoms with Crippen molar-refractivity contribution in [2.24, 2.45) is 0 Å². The second kappa shape index (κ2) is 15.4. The number of fused-ring (bicyclic) bond motifs is 6. The lowest BCUT2D eigenvalue weighted by Crippen LogP contribution is -2.61. The fourth-order valence-electron chi connectivity index (χ4n) is 10.4. The molecule has 4 nitrogen and oxygen atoms in total.